The van der Waals surface area contributed by atoms with Gasteiger partial charge in [-0.05, 0) is 0 Å². The van der Waals surface area contributed by atoms with Crippen LogP contribution in [0.3, 0.4) is 0 Å². The third-order valence-electron chi connectivity index (χ3n) is 1.93. The molecule has 1 aromatic carbocycles. The van der Waals surface area contributed by atoms with Gasteiger partial charge in [-0.25, -0.2) is 0 Å². The van der Waals surface area contributed by atoms with Gasteiger partial charge in [0.05, 0.1) is 0 Å². The number of benzene rings is 1. The van der Waals surface area contributed by atoms with Crippen molar-refractivity contribution in [1.82, 2.24) is 4.98 Å². The molecule has 0 saturated heterocycles. The molecule has 15 heavy (non-hydrogen) atoms. The van der Waals surface area contributed by atoms with E-state index in [1.54, 1.807) is 5.01 Å². The minimum atomic E-state index is 0.256. The molecule has 0 atom stereocenters. The summed E-state index contributed by atoms with van der Waals surface area (Å²) < 4.78 is 2.04. The molecule has 1 heterocycles. The number of hydrazine groups is 1. The summed E-state index contributed by atoms with van der Waals surface area (Å²) in [7, 11) is 1.82. The summed E-state index contributed by atoms with van der Waals surface area (Å²) in [6, 6.07) is 8.13. The van der Waals surface area contributed by atoms with E-state index in [-0.39, 0.29) is 14.5 Å². The Bertz CT molecular complexity index is 450. The van der Waals surface area contributed by atoms with Gasteiger partial charge in [0.25, 0.3) is 0 Å². The topological polar surface area (TPSA) is 42.1 Å². The second-order valence-electron chi connectivity index (χ2n) is 3.13. The minimum absolute atomic E-state index is 0.256. The monoisotopic (exact) mass is 331 g/mol. The second-order valence-corrected chi connectivity index (χ2v) is 5.80. The molecule has 0 aliphatic carbocycles. The first-order chi connectivity index (χ1) is 7.16. The van der Waals surface area contributed by atoms with Crippen LogP contribution in [0, 0.1) is 0 Å². The van der Waals surface area contributed by atoms with Crippen molar-refractivity contribution >= 4 is 35.1 Å². The molecule has 0 unspecified atom stereocenters. The van der Waals surface area contributed by atoms with Crippen LogP contribution in [0.15, 0.2) is 33.7 Å². The van der Waals surface area contributed by atoms with E-state index in [0.717, 1.165) is 20.4 Å². The van der Waals surface area contributed by atoms with Crippen LogP contribution >= 0.6 is 15.9 Å². The summed E-state index contributed by atoms with van der Waals surface area (Å²) in [5.41, 5.74) is 2.16. The molecule has 0 saturated carbocycles. The SMILES string of the molecule is CN(N)c1nc(-c2ccc(Br)cc2)c[se]1. The van der Waals surface area contributed by atoms with E-state index in [1.807, 2.05) is 19.2 Å². The van der Waals surface area contributed by atoms with Crippen molar-refractivity contribution in [3.8, 4) is 11.3 Å². The van der Waals surface area contributed by atoms with Gasteiger partial charge in [-0.1, -0.05) is 0 Å². The number of nitrogens with two attached hydrogens (primary N) is 1. The fourth-order valence-corrected chi connectivity index (χ4v) is 2.96. The van der Waals surface area contributed by atoms with Crippen LogP contribution in [-0.2, 0) is 0 Å². The molecule has 0 radical (unpaired) electrons. The molecule has 0 aliphatic rings. The van der Waals surface area contributed by atoms with Crippen molar-refractivity contribution in [2.45, 2.75) is 0 Å². The van der Waals surface area contributed by atoms with Gasteiger partial charge in [0.15, 0.2) is 0 Å². The molecule has 1 aromatic heterocycles. The van der Waals surface area contributed by atoms with Crippen molar-refractivity contribution in [2.75, 3.05) is 12.1 Å². The third-order valence-corrected chi connectivity index (χ3v) is 4.42. The molecule has 0 aliphatic heterocycles. The van der Waals surface area contributed by atoms with Gasteiger partial charge in [0.2, 0.25) is 0 Å². The van der Waals surface area contributed by atoms with Gasteiger partial charge in [0, 0.05) is 0 Å². The van der Waals surface area contributed by atoms with Crippen LogP contribution in [-0.4, -0.2) is 26.5 Å². The maximum absolute atomic E-state index is 5.64. The van der Waals surface area contributed by atoms with Gasteiger partial charge in [-0.3, -0.25) is 0 Å². The molecule has 0 fully saturated rings. The molecular weight excluding hydrogens is 321 g/mol. The summed E-state index contributed by atoms with van der Waals surface area (Å²) >= 11 is 3.67. The zero-order valence-electron chi connectivity index (χ0n) is 8.14. The molecule has 2 rings (SSSR count). The Balaban J connectivity index is 2.33. The molecule has 3 nitrogen and oxygen atoms in total. The molecule has 78 valence electrons. The van der Waals surface area contributed by atoms with E-state index in [1.165, 1.54) is 0 Å². The van der Waals surface area contributed by atoms with Gasteiger partial charge >= 0.3 is 103 Å². The van der Waals surface area contributed by atoms with E-state index in [0.29, 0.717) is 0 Å². The fourth-order valence-electron chi connectivity index (χ4n) is 1.18. The van der Waals surface area contributed by atoms with E-state index < -0.39 is 0 Å². The number of anilines is 1. The van der Waals surface area contributed by atoms with Crippen LogP contribution in [0.5, 0.6) is 0 Å². The van der Waals surface area contributed by atoms with Gasteiger partial charge < -0.3 is 0 Å². The zero-order valence-corrected chi connectivity index (χ0v) is 11.4. The number of rotatable bonds is 2. The predicted octanol–water partition coefficient (Wildman–Crippen LogP) is 1.88. The van der Waals surface area contributed by atoms with Crippen molar-refractivity contribution in [1.29, 1.82) is 0 Å². The summed E-state index contributed by atoms with van der Waals surface area (Å²) in [5, 5.41) is 1.59. The van der Waals surface area contributed by atoms with Crippen LogP contribution < -0.4 is 10.9 Å². The van der Waals surface area contributed by atoms with Crippen molar-refractivity contribution in [3.05, 3.63) is 33.7 Å². The van der Waals surface area contributed by atoms with Crippen molar-refractivity contribution in [2.24, 2.45) is 5.84 Å². The van der Waals surface area contributed by atoms with E-state index in [2.05, 4.69) is 38.0 Å². The Kier molecular flexibility index (Phi) is 3.26. The first kappa shape index (κ1) is 10.9. The quantitative estimate of drug-likeness (QED) is 0.519. The average molecular weight is 331 g/mol. The third kappa shape index (κ3) is 2.49. The number of hydrogen-bond acceptors (Lipinski definition) is 3. The zero-order chi connectivity index (χ0) is 10.8. The summed E-state index contributed by atoms with van der Waals surface area (Å²) in [4.78, 5) is 6.63. The van der Waals surface area contributed by atoms with Crippen molar-refractivity contribution < 1.29 is 0 Å². The Morgan fingerprint density at radius 2 is 2.00 bits per heavy atom. The molecular formula is C10H10BrN3Se. The Morgan fingerprint density at radius 3 is 2.53 bits per heavy atom. The fraction of sp³-hybridized carbons (Fsp3) is 0.100. The first-order valence-corrected chi connectivity index (χ1v) is 7.00. The van der Waals surface area contributed by atoms with Crippen LogP contribution in [0.4, 0.5) is 4.69 Å². The van der Waals surface area contributed by atoms with E-state index in [4.69, 9.17) is 5.84 Å². The average Bonchev–Trinajstić information content (AvgIpc) is 2.68. The summed E-state index contributed by atoms with van der Waals surface area (Å²) in [6.07, 6.45) is 0. The number of aromatic nitrogens is 1. The standard InChI is InChI=1S/C10H10BrN3Se/c1-14(12)10-13-9(6-15-10)7-2-4-8(11)5-3-7/h2-6H,12H2,1H3. The summed E-state index contributed by atoms with van der Waals surface area (Å²) in [6.45, 7) is 0. The van der Waals surface area contributed by atoms with Gasteiger partial charge in [-0.2, -0.15) is 0 Å². The number of nitrogens with zero attached hydrogens (tertiary/aromatic N) is 2. The summed E-state index contributed by atoms with van der Waals surface area (Å²) in [5.74, 6) is 5.64. The second kappa shape index (κ2) is 4.49. The molecule has 2 N–H and O–H groups in total. The van der Waals surface area contributed by atoms with Crippen LogP contribution in [0.25, 0.3) is 11.3 Å². The van der Waals surface area contributed by atoms with Crippen molar-refractivity contribution in [3.63, 3.8) is 0 Å². The van der Waals surface area contributed by atoms with Crippen LogP contribution in [0.2, 0.25) is 0 Å². The Hall–Kier alpha value is -0.611. The van der Waals surface area contributed by atoms with Gasteiger partial charge in [-0.15, -0.1) is 0 Å². The maximum atomic E-state index is 5.64. The van der Waals surface area contributed by atoms with E-state index >= 15 is 0 Å². The molecule has 5 heteroatoms. The molecule has 2 aromatic rings. The predicted molar refractivity (Wildman–Crippen MR) is 66.9 cm³/mol. The Morgan fingerprint density at radius 1 is 1.33 bits per heavy atom. The number of hydrogen-bond donors (Lipinski definition) is 1. The molecule has 0 amide bonds. The Labute approximate surface area is 103 Å². The normalized spacial score (nSPS) is 10.3. The number of halogens is 1. The van der Waals surface area contributed by atoms with Crippen LogP contribution in [0.1, 0.15) is 0 Å². The van der Waals surface area contributed by atoms with E-state index in [9.17, 15) is 0 Å². The van der Waals surface area contributed by atoms with Gasteiger partial charge in [0.1, 0.15) is 0 Å². The molecule has 0 bridgehead atoms. The molecule has 0 spiro atoms. The first-order valence-electron chi connectivity index (χ1n) is 4.37.